The lowest BCUT2D eigenvalue weighted by molar-refractivity contribution is -0.159. The third-order valence-corrected chi connectivity index (χ3v) is 11.0. The number of carbonyl (C=O) groups is 5. The second kappa shape index (κ2) is 31.4. The van der Waals surface area contributed by atoms with Crippen molar-refractivity contribution in [1.82, 2.24) is 16.0 Å². The number of fused-ring (bicyclic) bond motifs is 3. The molecule has 1 aliphatic rings. The van der Waals surface area contributed by atoms with E-state index in [1.165, 1.54) is 62.5 Å². The fourth-order valence-electron chi connectivity index (χ4n) is 7.72. The highest BCUT2D eigenvalue weighted by atomic mass is 16.6. The summed E-state index contributed by atoms with van der Waals surface area (Å²) in [7, 11) is 0. The quantitative estimate of drug-likeness (QED) is 0.0385. The highest BCUT2D eigenvalue weighted by Gasteiger charge is 2.29. The Morgan fingerprint density at radius 2 is 1.11 bits per heavy atom. The van der Waals surface area contributed by atoms with E-state index in [1.807, 2.05) is 24.3 Å². The van der Waals surface area contributed by atoms with Gasteiger partial charge in [-0.15, -0.1) is 0 Å². The summed E-state index contributed by atoms with van der Waals surface area (Å²) in [4.78, 5) is 60.9. The number of carboxylic acid groups (broad SMARTS) is 1. The van der Waals surface area contributed by atoms with Crippen molar-refractivity contribution in [2.45, 2.75) is 167 Å². The molecule has 0 spiro atoms. The monoisotopic (exact) mass is 880 g/mol. The summed E-state index contributed by atoms with van der Waals surface area (Å²) in [6.45, 7) is 7.62. The van der Waals surface area contributed by atoms with E-state index < -0.39 is 29.7 Å². The Labute approximate surface area is 376 Å². The second-order valence-electron chi connectivity index (χ2n) is 17.6. The number of nitrogens with one attached hydrogen (secondary N) is 3. The van der Waals surface area contributed by atoms with Crippen LogP contribution in [0.4, 0.5) is 4.79 Å². The van der Waals surface area contributed by atoms with E-state index in [2.05, 4.69) is 40.2 Å². The zero-order chi connectivity index (χ0) is 45.5. The van der Waals surface area contributed by atoms with Gasteiger partial charge in [0.2, 0.25) is 11.8 Å². The molecular formula is C50H77N3O10. The smallest absolute Gasteiger partial charge is 0.407 e. The molecule has 3 amide bonds. The molecule has 2 aromatic rings. The predicted octanol–water partition coefficient (Wildman–Crippen LogP) is 9.39. The molecule has 352 valence electrons. The number of hydrogen-bond acceptors (Lipinski definition) is 9. The Bertz CT molecular complexity index is 1600. The van der Waals surface area contributed by atoms with E-state index in [0.29, 0.717) is 58.6 Å². The molecule has 0 radical (unpaired) electrons. The van der Waals surface area contributed by atoms with Crippen LogP contribution in [0.5, 0.6) is 0 Å². The van der Waals surface area contributed by atoms with Gasteiger partial charge in [0.05, 0.1) is 26.4 Å². The van der Waals surface area contributed by atoms with Gasteiger partial charge in [-0.05, 0) is 75.1 Å². The summed E-state index contributed by atoms with van der Waals surface area (Å²) < 4.78 is 22.2. The first kappa shape index (κ1) is 52.9. The topological polar surface area (TPSA) is 179 Å². The van der Waals surface area contributed by atoms with Gasteiger partial charge in [0, 0.05) is 38.3 Å². The first-order chi connectivity index (χ1) is 30.4. The number of unbranched alkanes of at least 4 members (excludes halogenated alkanes) is 14. The molecule has 0 aliphatic heterocycles. The number of carboxylic acids is 1. The van der Waals surface area contributed by atoms with Gasteiger partial charge in [-0.1, -0.05) is 126 Å². The van der Waals surface area contributed by atoms with Crippen molar-refractivity contribution >= 4 is 29.8 Å². The van der Waals surface area contributed by atoms with Gasteiger partial charge in [-0.2, -0.15) is 0 Å². The Balaban J connectivity index is 1.14. The Hall–Kier alpha value is -4.49. The van der Waals surface area contributed by atoms with Gasteiger partial charge in [0.1, 0.15) is 18.2 Å². The minimum atomic E-state index is -0.733. The van der Waals surface area contributed by atoms with Gasteiger partial charge < -0.3 is 40.0 Å². The third kappa shape index (κ3) is 23.7. The highest BCUT2D eigenvalue weighted by molar-refractivity contribution is 5.84. The molecule has 0 bridgehead atoms. The fourth-order valence-corrected chi connectivity index (χ4v) is 7.72. The lowest BCUT2D eigenvalue weighted by Crippen LogP contribution is -2.44. The number of ether oxygens (including phenoxy) is 4. The van der Waals surface area contributed by atoms with Crippen LogP contribution >= 0.6 is 0 Å². The SMILES string of the molecule is CC(C)(C)OC(=O)[C@H](CCCCNC(=O)CCOCCOCCNC(=O)OCC1c2ccccc2-c2ccccc21)NC(=O)CCCCCCCCCCCCCCCCC(=O)O. The maximum absolute atomic E-state index is 12.9. The van der Waals surface area contributed by atoms with Crippen LogP contribution < -0.4 is 16.0 Å². The zero-order valence-corrected chi connectivity index (χ0v) is 38.5. The Kier molecular flexibility index (Phi) is 26.3. The summed E-state index contributed by atoms with van der Waals surface area (Å²) in [5, 5.41) is 17.2. The van der Waals surface area contributed by atoms with Crippen molar-refractivity contribution < 1.29 is 48.0 Å². The van der Waals surface area contributed by atoms with Crippen LogP contribution in [0.1, 0.15) is 166 Å². The third-order valence-electron chi connectivity index (χ3n) is 11.0. The van der Waals surface area contributed by atoms with E-state index in [4.69, 9.17) is 24.1 Å². The summed E-state index contributed by atoms with van der Waals surface area (Å²) in [6.07, 6.45) is 17.7. The second-order valence-corrected chi connectivity index (χ2v) is 17.6. The number of alkyl carbamates (subject to hydrolysis) is 1. The van der Waals surface area contributed by atoms with E-state index in [-0.39, 0.29) is 43.8 Å². The van der Waals surface area contributed by atoms with Crippen molar-refractivity contribution in [3.8, 4) is 11.1 Å². The average Bonchev–Trinajstić information content (AvgIpc) is 3.56. The number of esters is 1. The van der Waals surface area contributed by atoms with Gasteiger partial charge in [0.15, 0.2) is 0 Å². The van der Waals surface area contributed by atoms with Crippen molar-refractivity contribution in [2.75, 3.05) is 46.1 Å². The van der Waals surface area contributed by atoms with E-state index in [1.54, 1.807) is 20.8 Å². The van der Waals surface area contributed by atoms with Crippen LogP contribution in [0.15, 0.2) is 48.5 Å². The molecule has 13 heteroatoms. The summed E-state index contributed by atoms with van der Waals surface area (Å²) in [5.41, 5.74) is 4.01. The number of amides is 3. The number of hydrogen-bond donors (Lipinski definition) is 4. The van der Waals surface area contributed by atoms with Crippen LogP contribution in [0.2, 0.25) is 0 Å². The summed E-state index contributed by atoms with van der Waals surface area (Å²) in [6, 6.07) is 15.7. The number of benzene rings is 2. The standard InChI is InChI=1S/C50H77N3O10/c1-50(2,3)63-48(58)44(53-46(55)29-16-14-12-10-8-6-4-5-7-9-11-13-15-17-30-47(56)57)28-22-23-32-51-45(54)31-34-60-36-37-61-35-33-52-49(59)62-38-43-41-26-20-18-24-39(41)40-25-19-21-27-42(40)43/h18-21,24-27,43-44H,4-17,22-23,28-38H2,1-3H3,(H,51,54)(H,52,59)(H,53,55)(H,56,57)/t44-/m0/s1. The van der Waals surface area contributed by atoms with Crippen molar-refractivity contribution in [3.63, 3.8) is 0 Å². The fraction of sp³-hybridized carbons (Fsp3) is 0.660. The molecule has 0 unspecified atom stereocenters. The molecule has 63 heavy (non-hydrogen) atoms. The molecule has 13 nitrogen and oxygen atoms in total. The molecule has 3 rings (SSSR count). The zero-order valence-electron chi connectivity index (χ0n) is 38.5. The van der Waals surface area contributed by atoms with Gasteiger partial charge in [0.25, 0.3) is 0 Å². The van der Waals surface area contributed by atoms with Crippen LogP contribution in [0, 0.1) is 0 Å². The van der Waals surface area contributed by atoms with Crippen LogP contribution in [0.25, 0.3) is 11.1 Å². The maximum atomic E-state index is 12.9. The van der Waals surface area contributed by atoms with Crippen molar-refractivity contribution in [2.24, 2.45) is 0 Å². The molecule has 0 aromatic heterocycles. The lowest BCUT2D eigenvalue weighted by Gasteiger charge is -2.24. The van der Waals surface area contributed by atoms with Crippen molar-refractivity contribution in [3.05, 3.63) is 59.7 Å². The minimum absolute atomic E-state index is 0.00388. The Morgan fingerprint density at radius 1 is 0.587 bits per heavy atom. The minimum Gasteiger partial charge on any atom is -0.481 e. The van der Waals surface area contributed by atoms with E-state index >= 15 is 0 Å². The largest absolute Gasteiger partial charge is 0.481 e. The summed E-state index contributed by atoms with van der Waals surface area (Å²) in [5.74, 6) is -1.41. The van der Waals surface area contributed by atoms with E-state index in [9.17, 15) is 24.0 Å². The van der Waals surface area contributed by atoms with Gasteiger partial charge >= 0.3 is 18.0 Å². The molecule has 0 saturated heterocycles. The van der Waals surface area contributed by atoms with Gasteiger partial charge in [-0.3, -0.25) is 14.4 Å². The summed E-state index contributed by atoms with van der Waals surface area (Å²) >= 11 is 0. The van der Waals surface area contributed by atoms with Crippen molar-refractivity contribution in [1.29, 1.82) is 0 Å². The first-order valence-corrected chi connectivity index (χ1v) is 23.7. The Morgan fingerprint density at radius 3 is 1.67 bits per heavy atom. The molecule has 4 N–H and O–H groups in total. The van der Waals surface area contributed by atoms with Gasteiger partial charge in [-0.25, -0.2) is 9.59 Å². The first-order valence-electron chi connectivity index (χ1n) is 23.7. The highest BCUT2D eigenvalue weighted by Crippen LogP contribution is 2.44. The number of carbonyl (C=O) groups excluding carboxylic acids is 4. The molecule has 0 heterocycles. The normalized spacial score (nSPS) is 12.6. The average molecular weight is 880 g/mol. The lowest BCUT2D eigenvalue weighted by atomic mass is 9.98. The predicted molar refractivity (Wildman–Crippen MR) is 245 cm³/mol. The molecule has 0 fully saturated rings. The molecule has 1 atom stereocenters. The van der Waals surface area contributed by atoms with Crippen LogP contribution in [-0.2, 0) is 38.1 Å². The molecular weight excluding hydrogens is 803 g/mol. The molecule has 2 aromatic carbocycles. The molecule has 1 aliphatic carbocycles. The molecule has 0 saturated carbocycles. The number of rotatable bonds is 35. The van der Waals surface area contributed by atoms with Crippen LogP contribution in [0.3, 0.4) is 0 Å². The van der Waals surface area contributed by atoms with Crippen LogP contribution in [-0.4, -0.2) is 92.7 Å². The number of aliphatic carboxylic acids is 1. The van der Waals surface area contributed by atoms with E-state index in [0.717, 1.165) is 49.7 Å². The maximum Gasteiger partial charge on any atom is 0.407 e.